The second kappa shape index (κ2) is 4.75. The minimum atomic E-state index is -0.0768. The van der Waals surface area contributed by atoms with E-state index in [9.17, 15) is 4.79 Å². The second-order valence-electron chi connectivity index (χ2n) is 4.10. The molecule has 0 aromatic rings. The molecule has 0 aliphatic carbocycles. The summed E-state index contributed by atoms with van der Waals surface area (Å²) in [6.07, 6.45) is 5.28. The maximum atomic E-state index is 11.0. The van der Waals surface area contributed by atoms with E-state index in [1.807, 2.05) is 5.06 Å². The fourth-order valence-corrected chi connectivity index (χ4v) is 2.09. The number of piperidine rings is 1. The quantitative estimate of drug-likeness (QED) is 0.708. The monoisotopic (exact) mass is 198 g/mol. The first-order valence-electron chi connectivity index (χ1n) is 5.54. The minimum Gasteiger partial charge on any atom is -0.368 e. The molecule has 4 heteroatoms. The fourth-order valence-electron chi connectivity index (χ4n) is 2.09. The third-order valence-corrected chi connectivity index (χ3v) is 2.86. The average molecular weight is 198 g/mol. The van der Waals surface area contributed by atoms with Gasteiger partial charge >= 0.3 is 5.97 Å². The molecule has 0 spiro atoms. The molecule has 2 saturated heterocycles. The van der Waals surface area contributed by atoms with Crippen LogP contribution in [0.3, 0.4) is 0 Å². The highest BCUT2D eigenvalue weighted by Gasteiger charge is 2.22. The summed E-state index contributed by atoms with van der Waals surface area (Å²) in [6.45, 7) is 2.85. The van der Waals surface area contributed by atoms with Crippen LogP contribution in [0.2, 0.25) is 0 Å². The maximum Gasteiger partial charge on any atom is 0.325 e. The smallest absolute Gasteiger partial charge is 0.325 e. The lowest BCUT2D eigenvalue weighted by Gasteiger charge is -2.31. The largest absolute Gasteiger partial charge is 0.368 e. The number of hydroxylamine groups is 2. The second-order valence-corrected chi connectivity index (χ2v) is 4.10. The van der Waals surface area contributed by atoms with Gasteiger partial charge in [0.15, 0.2) is 0 Å². The third kappa shape index (κ3) is 2.69. The van der Waals surface area contributed by atoms with Crippen molar-refractivity contribution in [2.75, 3.05) is 19.6 Å². The number of rotatable bonds is 2. The molecule has 2 fully saturated rings. The van der Waals surface area contributed by atoms with Crippen molar-refractivity contribution in [2.45, 2.75) is 38.1 Å². The number of carbonyl (C=O) groups excluding carboxylic acids is 1. The summed E-state index contributed by atoms with van der Waals surface area (Å²) in [5.74, 6) is -0.0768. The van der Waals surface area contributed by atoms with E-state index >= 15 is 0 Å². The van der Waals surface area contributed by atoms with Crippen molar-refractivity contribution in [1.29, 1.82) is 0 Å². The number of nitrogens with one attached hydrogen (secondary N) is 1. The molecule has 1 atom stereocenters. The highest BCUT2D eigenvalue weighted by Crippen LogP contribution is 2.12. The van der Waals surface area contributed by atoms with Gasteiger partial charge in [-0.15, -0.1) is 5.06 Å². The Labute approximate surface area is 84.6 Å². The normalized spacial score (nSPS) is 30.0. The first-order valence-corrected chi connectivity index (χ1v) is 5.54. The van der Waals surface area contributed by atoms with E-state index in [0.29, 0.717) is 12.5 Å². The molecule has 80 valence electrons. The Bertz CT molecular complexity index is 202. The molecule has 0 saturated carbocycles. The van der Waals surface area contributed by atoms with Crippen molar-refractivity contribution in [3.63, 3.8) is 0 Å². The predicted octanol–water partition coefficient (Wildman–Crippen LogP) is 0.682. The zero-order valence-electron chi connectivity index (χ0n) is 8.50. The van der Waals surface area contributed by atoms with Gasteiger partial charge in [0, 0.05) is 19.0 Å². The molecule has 0 aromatic carbocycles. The van der Waals surface area contributed by atoms with Crippen LogP contribution in [0.5, 0.6) is 0 Å². The van der Waals surface area contributed by atoms with Gasteiger partial charge in [-0.05, 0) is 25.8 Å². The van der Waals surface area contributed by atoms with E-state index in [-0.39, 0.29) is 5.97 Å². The van der Waals surface area contributed by atoms with Gasteiger partial charge in [0.05, 0.1) is 6.54 Å². The van der Waals surface area contributed by atoms with Crippen LogP contribution in [0.15, 0.2) is 0 Å². The summed E-state index contributed by atoms with van der Waals surface area (Å²) in [5, 5.41) is 5.26. The van der Waals surface area contributed by atoms with Crippen molar-refractivity contribution in [3.8, 4) is 0 Å². The van der Waals surface area contributed by atoms with Crippen molar-refractivity contribution < 1.29 is 9.63 Å². The molecule has 0 bridgehead atoms. The summed E-state index contributed by atoms with van der Waals surface area (Å²) in [6, 6.07) is 0.509. The van der Waals surface area contributed by atoms with Gasteiger partial charge in [-0.1, -0.05) is 6.42 Å². The first kappa shape index (κ1) is 9.93. The third-order valence-electron chi connectivity index (χ3n) is 2.86. The van der Waals surface area contributed by atoms with Crippen LogP contribution in [-0.4, -0.2) is 36.7 Å². The molecule has 0 aromatic heterocycles. The fraction of sp³-hybridized carbons (Fsp3) is 0.900. The zero-order valence-corrected chi connectivity index (χ0v) is 8.50. The summed E-state index contributed by atoms with van der Waals surface area (Å²) < 4.78 is 0. The molecule has 2 aliphatic heterocycles. The van der Waals surface area contributed by atoms with Crippen LogP contribution in [-0.2, 0) is 9.63 Å². The van der Waals surface area contributed by atoms with Crippen LogP contribution in [0.25, 0.3) is 0 Å². The van der Waals surface area contributed by atoms with Gasteiger partial charge in [-0.25, -0.2) is 0 Å². The zero-order chi connectivity index (χ0) is 9.80. The van der Waals surface area contributed by atoms with E-state index in [2.05, 4.69) is 5.32 Å². The molecule has 2 rings (SSSR count). The lowest BCUT2D eigenvalue weighted by Crippen LogP contribution is -2.45. The van der Waals surface area contributed by atoms with Crippen LogP contribution < -0.4 is 5.32 Å². The number of nitrogens with zero attached hydrogens (tertiary/aromatic N) is 1. The SMILES string of the molecule is O=C1CCCN(CC2CCCCN2)O1. The standard InChI is InChI=1S/C10H18N2O2/c13-10-5-3-7-12(14-10)8-9-4-1-2-6-11-9/h9,11H,1-8H2. The average Bonchev–Trinajstić information content (AvgIpc) is 2.19. The summed E-state index contributed by atoms with van der Waals surface area (Å²) in [7, 11) is 0. The summed E-state index contributed by atoms with van der Waals surface area (Å²) in [4.78, 5) is 16.2. The summed E-state index contributed by atoms with van der Waals surface area (Å²) >= 11 is 0. The predicted molar refractivity (Wildman–Crippen MR) is 52.5 cm³/mol. The van der Waals surface area contributed by atoms with E-state index in [1.54, 1.807) is 0 Å². The van der Waals surface area contributed by atoms with Gasteiger partial charge in [0.1, 0.15) is 0 Å². The molecule has 14 heavy (non-hydrogen) atoms. The lowest BCUT2D eigenvalue weighted by atomic mass is 10.0. The van der Waals surface area contributed by atoms with E-state index in [4.69, 9.17) is 4.84 Å². The Kier molecular flexibility index (Phi) is 3.37. The molecule has 0 amide bonds. The highest BCUT2D eigenvalue weighted by molar-refractivity contribution is 5.69. The van der Waals surface area contributed by atoms with Crippen LogP contribution in [0, 0.1) is 0 Å². The summed E-state index contributed by atoms with van der Waals surface area (Å²) in [5.41, 5.74) is 0. The van der Waals surface area contributed by atoms with Gasteiger partial charge in [-0.2, -0.15) is 0 Å². The minimum absolute atomic E-state index is 0.0768. The van der Waals surface area contributed by atoms with Crippen LogP contribution >= 0.6 is 0 Å². The van der Waals surface area contributed by atoms with E-state index in [0.717, 1.165) is 26.1 Å². The van der Waals surface area contributed by atoms with E-state index in [1.165, 1.54) is 19.3 Å². The molecule has 2 aliphatic rings. The number of hydrogen-bond donors (Lipinski definition) is 1. The van der Waals surface area contributed by atoms with Crippen LogP contribution in [0.1, 0.15) is 32.1 Å². The number of carbonyl (C=O) groups is 1. The van der Waals surface area contributed by atoms with Crippen molar-refractivity contribution >= 4 is 5.97 Å². The lowest BCUT2D eigenvalue weighted by molar-refractivity contribution is -0.202. The molecular formula is C10H18N2O2. The van der Waals surface area contributed by atoms with Crippen molar-refractivity contribution in [2.24, 2.45) is 0 Å². The van der Waals surface area contributed by atoms with Crippen LogP contribution in [0.4, 0.5) is 0 Å². The van der Waals surface area contributed by atoms with E-state index < -0.39 is 0 Å². The first-order chi connectivity index (χ1) is 6.84. The highest BCUT2D eigenvalue weighted by atomic mass is 16.7. The van der Waals surface area contributed by atoms with Gasteiger partial charge in [-0.3, -0.25) is 4.79 Å². The van der Waals surface area contributed by atoms with Gasteiger partial charge in [0.2, 0.25) is 0 Å². The number of hydrogen-bond acceptors (Lipinski definition) is 4. The molecule has 2 heterocycles. The Morgan fingerprint density at radius 1 is 1.43 bits per heavy atom. The molecule has 1 N–H and O–H groups in total. The molecular weight excluding hydrogens is 180 g/mol. The topological polar surface area (TPSA) is 41.6 Å². The maximum absolute atomic E-state index is 11.0. The molecule has 0 radical (unpaired) electrons. The Balaban J connectivity index is 1.75. The Hall–Kier alpha value is -0.610. The van der Waals surface area contributed by atoms with Crippen molar-refractivity contribution in [3.05, 3.63) is 0 Å². The van der Waals surface area contributed by atoms with Gasteiger partial charge < -0.3 is 10.2 Å². The molecule has 1 unspecified atom stereocenters. The molecule has 4 nitrogen and oxygen atoms in total. The Morgan fingerprint density at radius 2 is 2.36 bits per heavy atom. The Morgan fingerprint density at radius 3 is 3.07 bits per heavy atom. The van der Waals surface area contributed by atoms with Gasteiger partial charge in [0.25, 0.3) is 0 Å². The van der Waals surface area contributed by atoms with Crippen molar-refractivity contribution in [1.82, 2.24) is 10.4 Å².